The van der Waals surface area contributed by atoms with Crippen LogP contribution in [0.15, 0.2) is 53.4 Å². The largest absolute Gasteiger partial charge is 0.372 e. The highest BCUT2D eigenvalue weighted by molar-refractivity contribution is 7.89. The van der Waals surface area contributed by atoms with Crippen LogP contribution in [0.25, 0.3) is 0 Å². The number of sulfonamides is 1. The molecule has 2 aromatic carbocycles. The molecule has 7 heteroatoms. The van der Waals surface area contributed by atoms with Gasteiger partial charge < -0.3 is 10.2 Å². The molecule has 6 nitrogen and oxygen atoms in total. The Hall–Kier alpha value is -2.38. The summed E-state index contributed by atoms with van der Waals surface area (Å²) in [6.45, 7) is 6.45. The van der Waals surface area contributed by atoms with Gasteiger partial charge >= 0.3 is 0 Å². The van der Waals surface area contributed by atoms with E-state index >= 15 is 0 Å². The predicted molar refractivity (Wildman–Crippen MR) is 112 cm³/mol. The SMILES string of the molecule is CCNS(=O)(=O)c1ccc(C(=O)Nc2ccc(N3CCC(C)CC3)cc2)cc1. The summed E-state index contributed by atoms with van der Waals surface area (Å²) in [5.41, 5.74) is 2.29. The number of rotatable bonds is 6. The normalized spacial score (nSPS) is 15.4. The first-order valence-electron chi connectivity index (χ1n) is 9.65. The zero-order chi connectivity index (χ0) is 20.1. The van der Waals surface area contributed by atoms with E-state index in [1.54, 1.807) is 6.92 Å². The molecule has 3 rings (SSSR count). The fourth-order valence-corrected chi connectivity index (χ4v) is 4.33. The maximum Gasteiger partial charge on any atom is 0.255 e. The maximum atomic E-state index is 12.4. The smallest absolute Gasteiger partial charge is 0.255 e. The van der Waals surface area contributed by atoms with E-state index in [-0.39, 0.29) is 10.8 Å². The van der Waals surface area contributed by atoms with Gasteiger partial charge in [-0.25, -0.2) is 13.1 Å². The molecule has 0 bridgehead atoms. The van der Waals surface area contributed by atoms with Crippen molar-refractivity contribution in [3.8, 4) is 0 Å². The molecule has 0 atom stereocenters. The summed E-state index contributed by atoms with van der Waals surface area (Å²) < 4.78 is 26.4. The highest BCUT2D eigenvalue weighted by Crippen LogP contribution is 2.24. The Labute approximate surface area is 167 Å². The fourth-order valence-electron chi connectivity index (χ4n) is 3.28. The lowest BCUT2D eigenvalue weighted by atomic mass is 9.99. The topological polar surface area (TPSA) is 78.5 Å². The molecule has 2 N–H and O–H groups in total. The predicted octanol–water partition coefficient (Wildman–Crippen LogP) is 3.47. The number of carbonyl (C=O) groups excluding carboxylic acids is 1. The van der Waals surface area contributed by atoms with Crippen molar-refractivity contribution >= 4 is 27.3 Å². The van der Waals surface area contributed by atoms with Crippen LogP contribution in [0, 0.1) is 5.92 Å². The van der Waals surface area contributed by atoms with Crippen molar-refractivity contribution in [1.29, 1.82) is 0 Å². The summed E-state index contributed by atoms with van der Waals surface area (Å²) in [6.07, 6.45) is 2.41. The van der Waals surface area contributed by atoms with Crippen molar-refractivity contribution in [2.45, 2.75) is 31.6 Å². The number of nitrogens with zero attached hydrogens (tertiary/aromatic N) is 1. The second kappa shape index (κ2) is 8.75. The molecule has 1 saturated heterocycles. The second-order valence-corrected chi connectivity index (χ2v) is 8.96. The first kappa shape index (κ1) is 20.4. The van der Waals surface area contributed by atoms with Crippen LogP contribution in [0.5, 0.6) is 0 Å². The highest BCUT2D eigenvalue weighted by Gasteiger charge is 2.16. The molecule has 1 amide bonds. The summed E-state index contributed by atoms with van der Waals surface area (Å²) in [5.74, 6) is 0.515. The number of benzene rings is 2. The minimum absolute atomic E-state index is 0.145. The lowest BCUT2D eigenvalue weighted by Crippen LogP contribution is -2.32. The molecule has 0 aliphatic carbocycles. The van der Waals surface area contributed by atoms with E-state index in [4.69, 9.17) is 0 Å². The molecule has 0 saturated carbocycles. The minimum atomic E-state index is -3.52. The first-order valence-corrected chi connectivity index (χ1v) is 11.1. The van der Waals surface area contributed by atoms with Crippen LogP contribution in [0.2, 0.25) is 0 Å². The van der Waals surface area contributed by atoms with Gasteiger partial charge in [0.15, 0.2) is 0 Å². The van der Waals surface area contributed by atoms with Crippen molar-refractivity contribution in [2.24, 2.45) is 5.92 Å². The number of hydrogen-bond donors (Lipinski definition) is 2. The van der Waals surface area contributed by atoms with Crippen LogP contribution in [-0.4, -0.2) is 34.0 Å². The van der Waals surface area contributed by atoms with E-state index in [1.807, 2.05) is 24.3 Å². The number of amides is 1. The van der Waals surface area contributed by atoms with E-state index in [0.717, 1.165) is 19.0 Å². The molecule has 1 heterocycles. The Morgan fingerprint density at radius 2 is 1.64 bits per heavy atom. The fraction of sp³-hybridized carbons (Fsp3) is 0.381. The second-order valence-electron chi connectivity index (χ2n) is 7.20. The van der Waals surface area contributed by atoms with Gasteiger partial charge in [-0.3, -0.25) is 4.79 Å². The Bertz CT molecular complexity index is 901. The molecule has 1 aliphatic heterocycles. The molecule has 28 heavy (non-hydrogen) atoms. The quantitative estimate of drug-likeness (QED) is 0.777. The Balaban J connectivity index is 1.63. The van der Waals surface area contributed by atoms with Gasteiger partial charge in [-0.2, -0.15) is 0 Å². The number of carbonyl (C=O) groups is 1. The Morgan fingerprint density at radius 3 is 2.21 bits per heavy atom. The van der Waals surface area contributed by atoms with Crippen LogP contribution >= 0.6 is 0 Å². The van der Waals surface area contributed by atoms with Crippen molar-refractivity contribution in [3.63, 3.8) is 0 Å². The molecule has 0 aromatic heterocycles. The molecule has 1 aliphatic rings. The molecule has 150 valence electrons. The zero-order valence-electron chi connectivity index (χ0n) is 16.3. The van der Waals surface area contributed by atoms with Crippen molar-refractivity contribution < 1.29 is 13.2 Å². The zero-order valence-corrected chi connectivity index (χ0v) is 17.1. The van der Waals surface area contributed by atoms with Gasteiger partial charge in [0.25, 0.3) is 5.91 Å². The molecular weight excluding hydrogens is 374 g/mol. The van der Waals surface area contributed by atoms with Gasteiger partial charge in [0.05, 0.1) is 4.90 Å². The average Bonchev–Trinajstić information content (AvgIpc) is 2.69. The third-order valence-electron chi connectivity index (χ3n) is 5.04. The van der Waals surface area contributed by atoms with Crippen LogP contribution in [-0.2, 0) is 10.0 Å². The van der Waals surface area contributed by atoms with Crippen LogP contribution < -0.4 is 14.9 Å². The highest BCUT2D eigenvalue weighted by atomic mass is 32.2. The van der Waals surface area contributed by atoms with Crippen molar-refractivity contribution in [2.75, 3.05) is 29.9 Å². The Kier molecular flexibility index (Phi) is 6.36. The lowest BCUT2D eigenvalue weighted by molar-refractivity contribution is 0.102. The molecule has 2 aromatic rings. The number of anilines is 2. The summed E-state index contributed by atoms with van der Waals surface area (Å²) in [6, 6.07) is 13.8. The third-order valence-corrected chi connectivity index (χ3v) is 6.60. The van der Waals surface area contributed by atoms with E-state index in [1.165, 1.54) is 42.8 Å². The van der Waals surface area contributed by atoms with Crippen molar-refractivity contribution in [3.05, 3.63) is 54.1 Å². The summed E-state index contributed by atoms with van der Waals surface area (Å²) in [5, 5.41) is 2.86. The Morgan fingerprint density at radius 1 is 1.04 bits per heavy atom. The van der Waals surface area contributed by atoms with Gasteiger partial charge in [-0.1, -0.05) is 13.8 Å². The average molecular weight is 402 g/mol. The maximum absolute atomic E-state index is 12.4. The van der Waals surface area contributed by atoms with Crippen molar-refractivity contribution in [1.82, 2.24) is 4.72 Å². The van der Waals surface area contributed by atoms with Crippen LogP contribution in [0.4, 0.5) is 11.4 Å². The molecular formula is C21H27N3O3S. The summed E-state index contributed by atoms with van der Waals surface area (Å²) in [4.78, 5) is 15.0. The van der Waals surface area contributed by atoms with Crippen LogP contribution in [0.1, 0.15) is 37.0 Å². The molecule has 0 spiro atoms. The number of piperidine rings is 1. The summed E-state index contributed by atoms with van der Waals surface area (Å²) in [7, 11) is -3.52. The van der Waals surface area contributed by atoms with E-state index in [2.05, 4.69) is 21.9 Å². The van der Waals surface area contributed by atoms with Gasteiger partial charge in [-0.15, -0.1) is 0 Å². The van der Waals surface area contributed by atoms with E-state index in [0.29, 0.717) is 17.8 Å². The monoisotopic (exact) mass is 401 g/mol. The number of hydrogen-bond acceptors (Lipinski definition) is 4. The first-order chi connectivity index (χ1) is 13.4. The third kappa shape index (κ3) is 4.91. The summed E-state index contributed by atoms with van der Waals surface area (Å²) >= 11 is 0. The van der Waals surface area contributed by atoms with E-state index in [9.17, 15) is 13.2 Å². The number of nitrogens with one attached hydrogen (secondary N) is 2. The van der Waals surface area contributed by atoms with Gasteiger partial charge in [-0.05, 0) is 67.3 Å². The lowest BCUT2D eigenvalue weighted by Gasteiger charge is -2.32. The van der Waals surface area contributed by atoms with Gasteiger partial charge in [0.1, 0.15) is 0 Å². The van der Waals surface area contributed by atoms with Crippen LogP contribution in [0.3, 0.4) is 0 Å². The van der Waals surface area contributed by atoms with Gasteiger partial charge in [0, 0.05) is 36.6 Å². The van der Waals surface area contributed by atoms with Gasteiger partial charge in [0.2, 0.25) is 10.0 Å². The standard InChI is InChI=1S/C21H27N3O3S/c1-3-22-28(26,27)20-10-4-17(5-11-20)21(25)23-18-6-8-19(9-7-18)24-14-12-16(2)13-15-24/h4-11,16,22H,3,12-15H2,1-2H3,(H,23,25). The minimum Gasteiger partial charge on any atom is -0.372 e. The molecule has 0 radical (unpaired) electrons. The molecule has 1 fully saturated rings. The van der Waals surface area contributed by atoms with E-state index < -0.39 is 10.0 Å². The molecule has 0 unspecified atom stereocenters.